The topological polar surface area (TPSA) is 107 Å². The van der Waals surface area contributed by atoms with E-state index in [0.717, 1.165) is 21.8 Å². The van der Waals surface area contributed by atoms with E-state index < -0.39 is 6.16 Å². The Kier molecular flexibility index (Phi) is 8.48. The molecule has 0 fully saturated rings. The fraction of sp³-hybridized carbons (Fsp3) is 0.435. The molecule has 1 unspecified atom stereocenters. The second kappa shape index (κ2) is 11.5. The molecule has 0 saturated heterocycles. The first-order chi connectivity index (χ1) is 15.5. The van der Waals surface area contributed by atoms with E-state index >= 15 is 0 Å². The Hall–Kier alpha value is -3.09. The van der Waals surface area contributed by atoms with Crippen molar-refractivity contribution >= 4 is 28.4 Å². The van der Waals surface area contributed by atoms with Crippen molar-refractivity contribution in [1.82, 2.24) is 0 Å². The Morgan fingerprint density at radius 2 is 2.12 bits per heavy atom. The molecule has 1 aliphatic rings. The van der Waals surface area contributed by atoms with E-state index in [9.17, 15) is 14.9 Å². The molecule has 1 aromatic heterocycles. The third kappa shape index (κ3) is 6.22. The predicted molar refractivity (Wildman–Crippen MR) is 119 cm³/mol. The molecule has 1 aliphatic carbocycles. The number of carbonyl (C=O) groups excluding carboxylic acids is 2. The number of rotatable bonds is 9. The van der Waals surface area contributed by atoms with E-state index in [1.165, 1.54) is 18.4 Å². The Labute approximate surface area is 191 Å². The van der Waals surface area contributed by atoms with Gasteiger partial charge in [-0.05, 0) is 42.5 Å². The van der Waals surface area contributed by atoms with Crippen molar-refractivity contribution < 1.29 is 28.5 Å². The van der Waals surface area contributed by atoms with Crippen LogP contribution in [0.5, 0.6) is 5.75 Å². The van der Waals surface area contributed by atoms with E-state index in [0.29, 0.717) is 49.3 Å². The molecule has 2 aromatic rings. The van der Waals surface area contributed by atoms with Gasteiger partial charge >= 0.3 is 6.16 Å². The summed E-state index contributed by atoms with van der Waals surface area (Å²) in [6.07, 6.45) is 1.51. The highest BCUT2D eigenvalue weighted by Crippen LogP contribution is 2.38. The number of fused-ring (bicyclic) bond motifs is 1. The first kappa shape index (κ1) is 23.6. The molecule has 9 heteroatoms. The average molecular weight is 459 g/mol. The molecule has 1 N–H and O–H groups in total. The molecule has 1 heterocycles. The van der Waals surface area contributed by atoms with E-state index in [1.807, 2.05) is 24.3 Å². The van der Waals surface area contributed by atoms with Crippen LogP contribution in [0.3, 0.4) is 0 Å². The number of hydrogen-bond acceptors (Lipinski definition) is 8. The van der Waals surface area contributed by atoms with Gasteiger partial charge in [-0.25, -0.2) is 4.79 Å². The van der Waals surface area contributed by atoms with Crippen LogP contribution in [0.2, 0.25) is 0 Å². The van der Waals surface area contributed by atoms with E-state index in [1.54, 1.807) is 7.11 Å². The number of ether oxygens (including phenoxy) is 4. The smallest absolute Gasteiger partial charge is 0.497 e. The van der Waals surface area contributed by atoms with Gasteiger partial charge in [-0.15, -0.1) is 11.3 Å². The maximum Gasteiger partial charge on any atom is 0.508 e. The third-order valence-electron chi connectivity index (χ3n) is 5.13. The number of hydrogen-bond donors (Lipinski definition) is 1. The zero-order valence-electron chi connectivity index (χ0n) is 18.1. The Bertz CT molecular complexity index is 997. The lowest BCUT2D eigenvalue weighted by molar-refractivity contribution is -0.116. The summed E-state index contributed by atoms with van der Waals surface area (Å²) in [6, 6.07) is 9.81. The van der Waals surface area contributed by atoms with Crippen molar-refractivity contribution in [1.29, 1.82) is 5.26 Å². The largest absolute Gasteiger partial charge is 0.508 e. The summed E-state index contributed by atoms with van der Waals surface area (Å²) in [5.41, 5.74) is 2.43. The standard InChI is InChI=1S/C23H26N2O6S/c1-28-10-11-30-23(27)31-17-7-8-18-19(14-24)22(32-20(18)13-17)25-21(26)9-6-15-4-3-5-16(12-15)29-2/h3-5,12,17H,6-11,13H2,1-2H3,(H,25,26). The highest BCUT2D eigenvalue weighted by Gasteiger charge is 2.28. The molecule has 0 bridgehead atoms. The number of carbonyl (C=O) groups is 2. The fourth-order valence-corrected chi connectivity index (χ4v) is 4.79. The van der Waals surface area contributed by atoms with E-state index in [2.05, 4.69) is 11.4 Å². The SMILES string of the molecule is COCCOC(=O)OC1CCc2c(sc(NC(=O)CCc3cccc(OC)c3)c2C#N)C1. The second-order valence-corrected chi connectivity index (χ2v) is 8.40. The molecule has 0 aliphatic heterocycles. The number of benzene rings is 1. The van der Waals surface area contributed by atoms with Gasteiger partial charge in [0.05, 0.1) is 19.3 Å². The van der Waals surface area contributed by atoms with Crippen molar-refractivity contribution in [3.63, 3.8) is 0 Å². The van der Waals surface area contributed by atoms with Crippen molar-refractivity contribution in [2.75, 3.05) is 32.8 Å². The molecule has 32 heavy (non-hydrogen) atoms. The van der Waals surface area contributed by atoms with Crippen LogP contribution in [-0.2, 0) is 38.3 Å². The van der Waals surface area contributed by atoms with Gasteiger partial charge in [-0.3, -0.25) is 4.79 Å². The van der Waals surface area contributed by atoms with Gasteiger partial charge in [0, 0.05) is 24.8 Å². The van der Waals surface area contributed by atoms with Gasteiger partial charge < -0.3 is 24.3 Å². The molecule has 3 rings (SSSR count). The van der Waals surface area contributed by atoms with Gasteiger partial charge in [0.2, 0.25) is 5.91 Å². The lowest BCUT2D eigenvalue weighted by Crippen LogP contribution is -2.26. The van der Waals surface area contributed by atoms with Crippen molar-refractivity contribution in [2.45, 2.75) is 38.2 Å². The van der Waals surface area contributed by atoms with E-state index in [4.69, 9.17) is 18.9 Å². The lowest BCUT2D eigenvalue weighted by Gasteiger charge is -2.21. The van der Waals surface area contributed by atoms with Crippen LogP contribution in [0.4, 0.5) is 9.80 Å². The normalized spacial score (nSPS) is 14.7. The minimum absolute atomic E-state index is 0.136. The molecule has 1 aromatic carbocycles. The summed E-state index contributed by atoms with van der Waals surface area (Å²) in [4.78, 5) is 25.3. The molecule has 0 saturated carbocycles. The minimum atomic E-state index is -0.723. The fourth-order valence-electron chi connectivity index (χ4n) is 3.52. The van der Waals surface area contributed by atoms with Gasteiger partial charge in [0.1, 0.15) is 29.5 Å². The summed E-state index contributed by atoms with van der Waals surface area (Å²) < 4.78 is 20.4. The first-order valence-electron chi connectivity index (χ1n) is 10.3. The van der Waals surface area contributed by atoms with Gasteiger partial charge in [-0.2, -0.15) is 5.26 Å². The number of aryl methyl sites for hydroxylation is 1. The van der Waals surface area contributed by atoms with Crippen LogP contribution >= 0.6 is 11.3 Å². The lowest BCUT2D eigenvalue weighted by atomic mass is 9.94. The van der Waals surface area contributed by atoms with Crippen molar-refractivity contribution in [2.24, 2.45) is 0 Å². The molecule has 1 amide bonds. The average Bonchev–Trinajstić information content (AvgIpc) is 3.14. The Morgan fingerprint density at radius 1 is 1.28 bits per heavy atom. The highest BCUT2D eigenvalue weighted by atomic mass is 32.1. The van der Waals surface area contributed by atoms with Crippen LogP contribution < -0.4 is 10.1 Å². The number of methoxy groups -OCH3 is 2. The van der Waals surface area contributed by atoms with Gasteiger partial charge in [-0.1, -0.05) is 12.1 Å². The summed E-state index contributed by atoms with van der Waals surface area (Å²) in [5, 5.41) is 13.1. The summed E-state index contributed by atoms with van der Waals surface area (Å²) in [6.45, 7) is 0.443. The van der Waals surface area contributed by atoms with Gasteiger partial charge in [0.15, 0.2) is 0 Å². The zero-order valence-corrected chi connectivity index (χ0v) is 19.0. The number of amides is 1. The quantitative estimate of drug-likeness (QED) is 0.449. The van der Waals surface area contributed by atoms with E-state index in [-0.39, 0.29) is 18.6 Å². The number of thiophene rings is 1. The summed E-state index contributed by atoms with van der Waals surface area (Å²) in [7, 11) is 3.13. The second-order valence-electron chi connectivity index (χ2n) is 7.29. The monoisotopic (exact) mass is 458 g/mol. The maximum atomic E-state index is 12.5. The minimum Gasteiger partial charge on any atom is -0.497 e. The van der Waals surface area contributed by atoms with Crippen LogP contribution in [-0.4, -0.2) is 45.6 Å². The van der Waals surface area contributed by atoms with Crippen molar-refractivity contribution in [3.05, 3.63) is 45.8 Å². The summed E-state index contributed by atoms with van der Waals surface area (Å²) >= 11 is 1.37. The van der Waals surface area contributed by atoms with Gasteiger partial charge in [0.25, 0.3) is 0 Å². The molecule has 0 radical (unpaired) electrons. The van der Waals surface area contributed by atoms with Crippen LogP contribution in [0, 0.1) is 11.3 Å². The number of anilines is 1. The number of nitrogens with zero attached hydrogens (tertiary/aromatic N) is 1. The van der Waals surface area contributed by atoms with Crippen LogP contribution in [0.25, 0.3) is 0 Å². The number of nitrogens with one attached hydrogen (secondary N) is 1. The molecule has 8 nitrogen and oxygen atoms in total. The summed E-state index contributed by atoms with van der Waals surface area (Å²) in [5.74, 6) is 0.595. The van der Waals surface area contributed by atoms with Crippen molar-refractivity contribution in [3.8, 4) is 11.8 Å². The zero-order chi connectivity index (χ0) is 22.9. The first-order valence-corrected chi connectivity index (χ1v) is 11.2. The molecular weight excluding hydrogens is 432 g/mol. The van der Waals surface area contributed by atoms with Crippen LogP contribution in [0.15, 0.2) is 24.3 Å². The predicted octanol–water partition coefficient (Wildman–Crippen LogP) is 3.86. The Morgan fingerprint density at radius 3 is 2.88 bits per heavy atom. The Balaban J connectivity index is 1.58. The molecular formula is C23H26N2O6S. The molecule has 0 spiro atoms. The van der Waals surface area contributed by atoms with Crippen LogP contribution in [0.1, 0.15) is 34.4 Å². The maximum absolute atomic E-state index is 12.5. The highest BCUT2D eigenvalue weighted by molar-refractivity contribution is 7.16. The molecule has 1 atom stereocenters. The molecule has 170 valence electrons. The number of nitriles is 1. The third-order valence-corrected chi connectivity index (χ3v) is 6.30.